The fourth-order valence-electron chi connectivity index (χ4n) is 2.96. The summed E-state index contributed by atoms with van der Waals surface area (Å²) in [6, 6.07) is 0.478. The molecule has 2 atom stereocenters. The quantitative estimate of drug-likeness (QED) is 0.679. The van der Waals surface area contributed by atoms with Crippen molar-refractivity contribution in [1.82, 2.24) is 4.90 Å². The number of ether oxygens (including phenoxy) is 1. The second-order valence-corrected chi connectivity index (χ2v) is 4.58. The van der Waals surface area contributed by atoms with E-state index in [2.05, 4.69) is 11.5 Å². The number of aliphatic hydroxyl groups is 1. The van der Waals surface area contributed by atoms with Crippen molar-refractivity contribution >= 4 is 0 Å². The van der Waals surface area contributed by atoms with Crippen molar-refractivity contribution in [3.8, 4) is 0 Å². The molecular weight excluding hydrogens is 178 g/mol. The van der Waals surface area contributed by atoms with Gasteiger partial charge in [-0.15, -0.1) is 0 Å². The van der Waals surface area contributed by atoms with E-state index < -0.39 is 0 Å². The second-order valence-electron chi connectivity index (χ2n) is 4.58. The highest BCUT2D eigenvalue weighted by molar-refractivity contribution is 5.19. The highest BCUT2D eigenvalue weighted by Crippen LogP contribution is 2.43. The topological polar surface area (TPSA) is 32.7 Å². The lowest BCUT2D eigenvalue weighted by Crippen LogP contribution is -2.46. The smallest absolute Gasteiger partial charge is 0.0618 e. The van der Waals surface area contributed by atoms with Crippen LogP contribution in [0.2, 0.25) is 0 Å². The molecule has 14 heavy (non-hydrogen) atoms. The summed E-state index contributed by atoms with van der Waals surface area (Å²) in [6.07, 6.45) is 3.18. The Morgan fingerprint density at radius 2 is 2.50 bits per heavy atom. The van der Waals surface area contributed by atoms with Crippen LogP contribution in [0.25, 0.3) is 0 Å². The summed E-state index contributed by atoms with van der Waals surface area (Å²) in [4.78, 5) is 2.39. The summed E-state index contributed by atoms with van der Waals surface area (Å²) >= 11 is 0. The summed E-state index contributed by atoms with van der Waals surface area (Å²) in [5.41, 5.74) is 1.25. The van der Waals surface area contributed by atoms with E-state index in [9.17, 15) is 5.11 Å². The summed E-state index contributed by atoms with van der Waals surface area (Å²) in [6.45, 7) is 6.00. The summed E-state index contributed by atoms with van der Waals surface area (Å²) in [5, 5.41) is 9.51. The van der Waals surface area contributed by atoms with Gasteiger partial charge in [0.15, 0.2) is 0 Å². The molecule has 2 rings (SSSR count). The van der Waals surface area contributed by atoms with Gasteiger partial charge in [-0.05, 0) is 19.3 Å². The van der Waals surface area contributed by atoms with E-state index in [0.717, 1.165) is 32.4 Å². The van der Waals surface area contributed by atoms with Gasteiger partial charge in [0.1, 0.15) is 0 Å². The summed E-state index contributed by atoms with van der Waals surface area (Å²) in [5.74, 6) is 0. The highest BCUT2D eigenvalue weighted by atomic mass is 16.5. The van der Waals surface area contributed by atoms with Gasteiger partial charge in [0.05, 0.1) is 13.2 Å². The molecule has 0 aromatic carbocycles. The van der Waals surface area contributed by atoms with Crippen molar-refractivity contribution < 1.29 is 9.84 Å². The predicted molar refractivity (Wildman–Crippen MR) is 55.2 cm³/mol. The van der Waals surface area contributed by atoms with Crippen LogP contribution in [-0.4, -0.2) is 48.5 Å². The SMILES string of the molecule is C=C1CN2[C@H](COC)CC[C@@]2(CO)C1. The monoisotopic (exact) mass is 197 g/mol. The number of aliphatic hydroxyl groups excluding tert-OH is 1. The first-order valence-corrected chi connectivity index (χ1v) is 5.25. The maximum atomic E-state index is 9.51. The van der Waals surface area contributed by atoms with Gasteiger partial charge >= 0.3 is 0 Å². The molecule has 0 radical (unpaired) electrons. The number of rotatable bonds is 3. The Labute approximate surface area is 85.4 Å². The number of methoxy groups -OCH3 is 1. The molecule has 0 aromatic heterocycles. The van der Waals surface area contributed by atoms with Gasteiger partial charge in [-0.2, -0.15) is 0 Å². The molecule has 3 nitrogen and oxygen atoms in total. The van der Waals surface area contributed by atoms with E-state index in [4.69, 9.17) is 4.74 Å². The number of hydrogen-bond donors (Lipinski definition) is 1. The molecule has 2 fully saturated rings. The molecule has 2 saturated heterocycles. The first kappa shape index (κ1) is 10.1. The molecule has 0 unspecified atom stereocenters. The summed E-state index contributed by atoms with van der Waals surface area (Å²) < 4.78 is 5.21. The van der Waals surface area contributed by atoms with Gasteiger partial charge in [0, 0.05) is 25.2 Å². The Morgan fingerprint density at radius 3 is 3.14 bits per heavy atom. The number of hydrogen-bond acceptors (Lipinski definition) is 3. The van der Waals surface area contributed by atoms with Gasteiger partial charge in [0.2, 0.25) is 0 Å². The Hall–Kier alpha value is -0.380. The van der Waals surface area contributed by atoms with Crippen LogP contribution in [0.1, 0.15) is 19.3 Å². The predicted octanol–water partition coefficient (Wildman–Crippen LogP) is 0.788. The lowest BCUT2D eigenvalue weighted by Gasteiger charge is -2.32. The Balaban J connectivity index is 2.13. The largest absolute Gasteiger partial charge is 0.394 e. The van der Waals surface area contributed by atoms with Gasteiger partial charge in [-0.3, -0.25) is 4.90 Å². The van der Waals surface area contributed by atoms with Crippen molar-refractivity contribution in [3.63, 3.8) is 0 Å². The van der Waals surface area contributed by atoms with Crippen LogP contribution in [0.5, 0.6) is 0 Å². The van der Waals surface area contributed by atoms with Crippen LogP contribution in [0.3, 0.4) is 0 Å². The lowest BCUT2D eigenvalue weighted by molar-refractivity contribution is 0.0477. The zero-order chi connectivity index (χ0) is 10.2. The van der Waals surface area contributed by atoms with Gasteiger partial charge in [-0.1, -0.05) is 12.2 Å². The van der Waals surface area contributed by atoms with Crippen molar-refractivity contribution in [3.05, 3.63) is 12.2 Å². The molecule has 80 valence electrons. The molecular formula is C11H19NO2. The third-order valence-corrected chi connectivity index (χ3v) is 3.62. The van der Waals surface area contributed by atoms with E-state index in [1.54, 1.807) is 7.11 Å². The normalized spacial score (nSPS) is 37.9. The van der Waals surface area contributed by atoms with Crippen LogP contribution in [0, 0.1) is 0 Å². The maximum Gasteiger partial charge on any atom is 0.0618 e. The van der Waals surface area contributed by atoms with E-state index in [0.29, 0.717) is 6.04 Å². The molecule has 2 aliphatic rings. The van der Waals surface area contributed by atoms with Crippen LogP contribution < -0.4 is 0 Å². The van der Waals surface area contributed by atoms with Crippen LogP contribution >= 0.6 is 0 Å². The summed E-state index contributed by atoms with van der Waals surface area (Å²) in [7, 11) is 1.74. The molecule has 0 bridgehead atoms. The average molecular weight is 197 g/mol. The van der Waals surface area contributed by atoms with E-state index >= 15 is 0 Å². The molecule has 3 heteroatoms. The number of fused-ring (bicyclic) bond motifs is 1. The minimum absolute atomic E-state index is 0.000278. The third-order valence-electron chi connectivity index (χ3n) is 3.62. The Bertz CT molecular complexity index is 241. The molecule has 0 saturated carbocycles. The lowest BCUT2D eigenvalue weighted by atomic mass is 9.94. The van der Waals surface area contributed by atoms with E-state index in [1.165, 1.54) is 5.57 Å². The highest BCUT2D eigenvalue weighted by Gasteiger charge is 2.49. The third kappa shape index (κ3) is 1.40. The number of nitrogens with zero attached hydrogens (tertiary/aromatic N) is 1. The van der Waals surface area contributed by atoms with Crippen molar-refractivity contribution in [1.29, 1.82) is 0 Å². The molecule has 0 aromatic rings. The molecule has 2 aliphatic heterocycles. The van der Waals surface area contributed by atoms with E-state index in [1.807, 2.05) is 0 Å². The van der Waals surface area contributed by atoms with Gasteiger partial charge in [0.25, 0.3) is 0 Å². The zero-order valence-electron chi connectivity index (χ0n) is 8.83. The molecule has 0 spiro atoms. The van der Waals surface area contributed by atoms with Gasteiger partial charge in [-0.25, -0.2) is 0 Å². The second kappa shape index (κ2) is 3.65. The minimum atomic E-state index is 0.000278. The Kier molecular flexibility index (Phi) is 2.64. The Morgan fingerprint density at radius 1 is 1.71 bits per heavy atom. The fraction of sp³-hybridized carbons (Fsp3) is 0.818. The molecule has 2 heterocycles. The average Bonchev–Trinajstić information content (AvgIpc) is 2.64. The van der Waals surface area contributed by atoms with E-state index in [-0.39, 0.29) is 12.1 Å². The van der Waals surface area contributed by atoms with Crippen LogP contribution in [0.4, 0.5) is 0 Å². The van der Waals surface area contributed by atoms with Gasteiger partial charge < -0.3 is 9.84 Å². The van der Waals surface area contributed by atoms with Crippen LogP contribution in [0.15, 0.2) is 12.2 Å². The standard InChI is InChI=1S/C11H19NO2/c1-9-5-11(8-13)4-3-10(7-14-2)12(11)6-9/h10,13H,1,3-8H2,2H3/t10-,11-/m0/s1. The van der Waals surface area contributed by atoms with Crippen molar-refractivity contribution in [2.75, 3.05) is 26.9 Å². The maximum absolute atomic E-state index is 9.51. The van der Waals surface area contributed by atoms with Crippen molar-refractivity contribution in [2.45, 2.75) is 30.8 Å². The molecule has 0 aliphatic carbocycles. The van der Waals surface area contributed by atoms with Crippen LogP contribution in [-0.2, 0) is 4.74 Å². The molecule has 0 amide bonds. The fourth-order valence-corrected chi connectivity index (χ4v) is 2.96. The molecule has 1 N–H and O–H groups in total. The minimum Gasteiger partial charge on any atom is -0.394 e. The first-order chi connectivity index (χ1) is 6.72. The zero-order valence-corrected chi connectivity index (χ0v) is 8.83. The first-order valence-electron chi connectivity index (χ1n) is 5.25. The van der Waals surface area contributed by atoms with Crippen molar-refractivity contribution in [2.24, 2.45) is 0 Å².